The number of anilines is 1. The summed E-state index contributed by atoms with van der Waals surface area (Å²) < 4.78 is 0. The lowest BCUT2D eigenvalue weighted by Crippen LogP contribution is -2.38. The molecule has 0 aliphatic carbocycles. The number of hydrogen-bond acceptors (Lipinski definition) is 9. The van der Waals surface area contributed by atoms with Crippen molar-refractivity contribution in [2.75, 3.05) is 24.5 Å². The van der Waals surface area contributed by atoms with Crippen LogP contribution in [0.4, 0.5) is 10.7 Å². The Hall–Kier alpha value is -4.09. The monoisotopic (exact) mass is 544 g/mol. The minimum atomic E-state index is -0.965. The number of aromatic carboxylic acids is 1. The first-order valence-electron chi connectivity index (χ1n) is 12.7. The maximum Gasteiger partial charge on any atom is 0.336 e. The van der Waals surface area contributed by atoms with Gasteiger partial charge in [-0.05, 0) is 80.4 Å². The van der Waals surface area contributed by atoms with E-state index in [1.165, 1.54) is 0 Å². The van der Waals surface area contributed by atoms with Gasteiger partial charge in [-0.25, -0.2) is 14.8 Å². The second-order valence-electron chi connectivity index (χ2n) is 9.56. The maximum atomic E-state index is 11.8. The summed E-state index contributed by atoms with van der Waals surface area (Å²) in [5.74, 6) is -0.258. The maximum absolute atomic E-state index is 11.8. The molecule has 4 heterocycles. The number of nitrogens with zero attached hydrogens (tertiary/aromatic N) is 4. The Balaban J connectivity index is 1.14. The number of carbonyl (C=O) groups is 3. The molecule has 2 aromatic heterocycles. The Kier molecular flexibility index (Phi) is 7.99. The summed E-state index contributed by atoms with van der Waals surface area (Å²) in [4.78, 5) is 51.1. The second kappa shape index (κ2) is 11.7. The summed E-state index contributed by atoms with van der Waals surface area (Å²) in [6, 6.07) is 12.7. The number of amides is 2. The van der Waals surface area contributed by atoms with Gasteiger partial charge in [-0.2, -0.15) is 0 Å². The topological polar surface area (TPSA) is 137 Å². The van der Waals surface area contributed by atoms with Crippen molar-refractivity contribution in [1.29, 1.82) is 0 Å². The van der Waals surface area contributed by atoms with Gasteiger partial charge in [0, 0.05) is 31.4 Å². The molecule has 2 saturated heterocycles. The number of aryl methyl sites for hydroxylation is 1. The third-order valence-corrected chi connectivity index (χ3v) is 7.52. The molecule has 2 fully saturated rings. The van der Waals surface area contributed by atoms with Gasteiger partial charge in [0.2, 0.25) is 5.95 Å². The first-order valence-corrected chi connectivity index (χ1v) is 13.5. The molecule has 200 valence electrons. The van der Waals surface area contributed by atoms with Crippen LogP contribution < -0.4 is 15.5 Å². The van der Waals surface area contributed by atoms with Crippen molar-refractivity contribution in [3.05, 3.63) is 76.1 Å². The lowest BCUT2D eigenvalue weighted by molar-refractivity contribution is -0.115. The highest BCUT2D eigenvalue weighted by Crippen LogP contribution is 2.27. The van der Waals surface area contributed by atoms with Crippen molar-refractivity contribution in [3.63, 3.8) is 0 Å². The van der Waals surface area contributed by atoms with Gasteiger partial charge in [0.05, 0.1) is 27.6 Å². The van der Waals surface area contributed by atoms with Gasteiger partial charge < -0.3 is 15.3 Å². The molecule has 0 radical (unpaired) electrons. The SMILES string of the molecule is Cc1ccc(C(=O)O)c(-c2cccc(CNCC3CCN(c4nccc(/C=C5\SC(=O)NC5=O)n4)CC3)n2)c1. The number of thioether (sulfide) groups is 1. The standard InChI is InChI=1S/C28H28N6O4S/c1-17-5-6-21(26(36)37)22(13-17)23-4-2-3-20(31-23)16-29-15-18-8-11-34(12-9-18)27-30-10-7-19(32-27)14-24-25(35)33-28(38)39-24/h2-7,10,13-14,18,29H,8-9,11-12,15-16H2,1H3,(H,36,37)(H,33,35,38)/b24-14-. The first-order chi connectivity index (χ1) is 18.9. The van der Waals surface area contributed by atoms with E-state index >= 15 is 0 Å². The molecule has 0 saturated carbocycles. The summed E-state index contributed by atoms with van der Waals surface area (Å²) in [5.41, 5.74) is 3.95. The Morgan fingerprint density at radius 3 is 2.74 bits per heavy atom. The minimum absolute atomic E-state index is 0.245. The molecule has 1 aromatic carbocycles. The Labute approximate surface area is 230 Å². The van der Waals surface area contributed by atoms with Gasteiger partial charge >= 0.3 is 5.97 Å². The van der Waals surface area contributed by atoms with Gasteiger partial charge in [0.15, 0.2) is 0 Å². The average Bonchev–Trinajstić information content (AvgIpc) is 3.25. The largest absolute Gasteiger partial charge is 0.478 e. The number of carboxylic acids is 1. The van der Waals surface area contributed by atoms with E-state index in [1.807, 2.05) is 31.2 Å². The van der Waals surface area contributed by atoms with Crippen LogP contribution in [0, 0.1) is 12.8 Å². The number of benzene rings is 1. The lowest BCUT2D eigenvalue weighted by atomic mass is 9.97. The summed E-state index contributed by atoms with van der Waals surface area (Å²) in [5, 5.41) is 15.0. The van der Waals surface area contributed by atoms with Gasteiger partial charge in [-0.15, -0.1) is 0 Å². The van der Waals surface area contributed by atoms with Gasteiger partial charge in [-0.1, -0.05) is 17.7 Å². The number of pyridine rings is 1. The first kappa shape index (κ1) is 26.5. The van der Waals surface area contributed by atoms with Crippen LogP contribution in [0.5, 0.6) is 0 Å². The Morgan fingerprint density at radius 1 is 1.18 bits per heavy atom. The van der Waals surface area contributed by atoms with Crippen molar-refractivity contribution in [3.8, 4) is 11.3 Å². The average molecular weight is 545 g/mol. The summed E-state index contributed by atoms with van der Waals surface area (Å²) in [6.45, 7) is 5.01. The van der Waals surface area contributed by atoms with E-state index in [0.717, 1.165) is 55.5 Å². The van der Waals surface area contributed by atoms with Crippen molar-refractivity contribution in [1.82, 2.24) is 25.6 Å². The van der Waals surface area contributed by atoms with E-state index in [9.17, 15) is 19.5 Å². The number of rotatable bonds is 8. The van der Waals surface area contributed by atoms with Crippen LogP contribution in [-0.4, -0.2) is 56.8 Å². The van der Waals surface area contributed by atoms with E-state index in [-0.39, 0.29) is 10.8 Å². The molecular weight excluding hydrogens is 516 g/mol. The molecule has 10 nitrogen and oxygen atoms in total. The smallest absolute Gasteiger partial charge is 0.336 e. The fraction of sp³-hybridized carbons (Fsp3) is 0.286. The number of aromatic nitrogens is 3. The molecule has 5 rings (SSSR count). The number of carboxylic acid groups (broad SMARTS) is 1. The molecule has 2 amide bonds. The summed E-state index contributed by atoms with van der Waals surface area (Å²) in [6.07, 6.45) is 5.23. The van der Waals surface area contributed by atoms with E-state index in [4.69, 9.17) is 4.98 Å². The quantitative estimate of drug-likeness (QED) is 0.358. The van der Waals surface area contributed by atoms with Crippen molar-refractivity contribution in [2.45, 2.75) is 26.3 Å². The molecule has 11 heteroatoms. The molecule has 2 aliphatic rings. The van der Waals surface area contributed by atoms with Gasteiger partial charge in [0.25, 0.3) is 11.1 Å². The van der Waals surface area contributed by atoms with E-state index in [1.54, 1.807) is 30.5 Å². The normalized spacial score (nSPS) is 17.1. The molecular formula is C28H28N6O4S. The number of hydrogen-bond donors (Lipinski definition) is 3. The van der Waals surface area contributed by atoms with Crippen molar-refractivity contribution < 1.29 is 19.5 Å². The van der Waals surface area contributed by atoms with Crippen LogP contribution in [0.15, 0.2) is 53.6 Å². The van der Waals surface area contributed by atoms with E-state index in [2.05, 4.69) is 25.5 Å². The number of carbonyl (C=O) groups excluding carboxylic acids is 2. The Bertz CT molecular complexity index is 1450. The highest BCUT2D eigenvalue weighted by molar-refractivity contribution is 8.18. The van der Waals surface area contributed by atoms with E-state index < -0.39 is 11.9 Å². The van der Waals surface area contributed by atoms with Gasteiger partial charge in [0.1, 0.15) is 0 Å². The van der Waals surface area contributed by atoms with Crippen LogP contribution in [0.3, 0.4) is 0 Å². The fourth-order valence-electron chi connectivity index (χ4n) is 4.68. The molecule has 3 aromatic rings. The number of imide groups is 1. The van der Waals surface area contributed by atoms with Crippen molar-refractivity contribution >= 4 is 40.9 Å². The highest BCUT2D eigenvalue weighted by Gasteiger charge is 2.26. The second-order valence-corrected chi connectivity index (χ2v) is 10.6. The Morgan fingerprint density at radius 2 is 2.00 bits per heavy atom. The predicted octanol–water partition coefficient (Wildman–Crippen LogP) is 3.88. The third kappa shape index (κ3) is 6.50. The number of nitrogens with one attached hydrogen (secondary N) is 2. The summed E-state index contributed by atoms with van der Waals surface area (Å²) >= 11 is 0.870. The lowest BCUT2D eigenvalue weighted by Gasteiger charge is -2.32. The van der Waals surface area contributed by atoms with Crippen LogP contribution in [0.1, 0.15) is 40.2 Å². The zero-order chi connectivity index (χ0) is 27.4. The zero-order valence-electron chi connectivity index (χ0n) is 21.4. The zero-order valence-corrected chi connectivity index (χ0v) is 22.2. The molecule has 0 bridgehead atoms. The molecule has 3 N–H and O–H groups in total. The predicted molar refractivity (Wildman–Crippen MR) is 149 cm³/mol. The molecule has 39 heavy (non-hydrogen) atoms. The third-order valence-electron chi connectivity index (χ3n) is 6.71. The highest BCUT2D eigenvalue weighted by atomic mass is 32.2. The molecule has 0 atom stereocenters. The molecule has 0 unspecified atom stereocenters. The number of piperidine rings is 1. The van der Waals surface area contributed by atoms with Gasteiger partial charge in [-0.3, -0.25) is 19.9 Å². The summed E-state index contributed by atoms with van der Waals surface area (Å²) in [7, 11) is 0. The van der Waals surface area contributed by atoms with Crippen LogP contribution >= 0.6 is 11.8 Å². The van der Waals surface area contributed by atoms with E-state index in [0.29, 0.717) is 40.3 Å². The minimum Gasteiger partial charge on any atom is -0.478 e. The fourth-order valence-corrected chi connectivity index (χ4v) is 5.34. The molecule has 2 aliphatic heterocycles. The van der Waals surface area contributed by atoms with Crippen LogP contribution in [0.25, 0.3) is 17.3 Å². The van der Waals surface area contributed by atoms with Crippen LogP contribution in [0.2, 0.25) is 0 Å². The van der Waals surface area contributed by atoms with Crippen molar-refractivity contribution in [2.24, 2.45) is 5.92 Å². The van der Waals surface area contributed by atoms with Crippen LogP contribution in [-0.2, 0) is 11.3 Å². The molecule has 0 spiro atoms.